The van der Waals surface area contributed by atoms with E-state index in [9.17, 15) is 0 Å². The third-order valence-electron chi connectivity index (χ3n) is 4.04. The van der Waals surface area contributed by atoms with Gasteiger partial charge in [-0.1, -0.05) is 13.3 Å². The van der Waals surface area contributed by atoms with Crippen LogP contribution in [0.2, 0.25) is 0 Å². The molecule has 2 rings (SSSR count). The first-order valence-electron chi connectivity index (χ1n) is 6.87. The quantitative estimate of drug-likeness (QED) is 0.754. The van der Waals surface area contributed by atoms with Crippen LogP contribution in [-0.2, 0) is 0 Å². The molecule has 2 aliphatic heterocycles. The Morgan fingerprint density at radius 3 is 2.62 bits per heavy atom. The van der Waals surface area contributed by atoms with Crippen LogP contribution in [0.3, 0.4) is 0 Å². The molecule has 2 nitrogen and oxygen atoms in total. The summed E-state index contributed by atoms with van der Waals surface area (Å²) in [6.45, 7) is 8.85. The van der Waals surface area contributed by atoms with Gasteiger partial charge in [0.25, 0.3) is 0 Å². The predicted octanol–water partition coefficient (Wildman–Crippen LogP) is 2.11. The molecule has 2 saturated heterocycles. The molecule has 3 heteroatoms. The zero-order valence-corrected chi connectivity index (χ0v) is 11.5. The van der Waals surface area contributed by atoms with E-state index in [1.54, 1.807) is 0 Å². The normalized spacial score (nSPS) is 30.8. The van der Waals surface area contributed by atoms with Gasteiger partial charge in [0.05, 0.1) is 0 Å². The molecule has 2 atom stereocenters. The van der Waals surface area contributed by atoms with E-state index in [-0.39, 0.29) is 0 Å². The van der Waals surface area contributed by atoms with Gasteiger partial charge in [-0.2, -0.15) is 12.6 Å². The van der Waals surface area contributed by atoms with Gasteiger partial charge in [0.1, 0.15) is 0 Å². The third kappa shape index (κ3) is 3.38. The molecular weight excluding hydrogens is 216 g/mol. The van der Waals surface area contributed by atoms with Crippen molar-refractivity contribution in [1.29, 1.82) is 0 Å². The Morgan fingerprint density at radius 2 is 1.94 bits per heavy atom. The van der Waals surface area contributed by atoms with Crippen molar-refractivity contribution in [3.8, 4) is 0 Å². The van der Waals surface area contributed by atoms with Crippen LogP contribution in [0.4, 0.5) is 0 Å². The van der Waals surface area contributed by atoms with Gasteiger partial charge in [0.2, 0.25) is 0 Å². The lowest BCUT2D eigenvalue weighted by atomic mass is 10.1. The maximum atomic E-state index is 4.38. The van der Waals surface area contributed by atoms with Crippen molar-refractivity contribution in [3.63, 3.8) is 0 Å². The molecule has 2 unspecified atom stereocenters. The number of nitrogens with zero attached hydrogens (tertiary/aromatic N) is 2. The predicted molar refractivity (Wildman–Crippen MR) is 73.3 cm³/mol. The molecule has 94 valence electrons. The fraction of sp³-hybridized carbons (Fsp3) is 1.00. The van der Waals surface area contributed by atoms with E-state index >= 15 is 0 Å². The first kappa shape index (κ1) is 12.7. The maximum absolute atomic E-state index is 4.38. The van der Waals surface area contributed by atoms with Crippen molar-refractivity contribution in [1.82, 2.24) is 9.80 Å². The first-order valence-corrected chi connectivity index (χ1v) is 7.50. The molecule has 0 aliphatic carbocycles. The van der Waals surface area contributed by atoms with Gasteiger partial charge < -0.3 is 4.90 Å². The minimum Gasteiger partial charge on any atom is -0.301 e. The van der Waals surface area contributed by atoms with E-state index < -0.39 is 0 Å². The highest BCUT2D eigenvalue weighted by Crippen LogP contribution is 2.20. The monoisotopic (exact) mass is 242 g/mol. The van der Waals surface area contributed by atoms with Crippen LogP contribution in [0.1, 0.15) is 32.6 Å². The molecule has 0 saturated carbocycles. The molecule has 0 spiro atoms. The van der Waals surface area contributed by atoms with Crippen LogP contribution >= 0.6 is 12.6 Å². The summed E-state index contributed by atoms with van der Waals surface area (Å²) in [7, 11) is 0. The molecule has 2 aliphatic rings. The minimum absolute atomic E-state index is 0.739. The number of thiol groups is 1. The van der Waals surface area contributed by atoms with Gasteiger partial charge in [-0.15, -0.1) is 0 Å². The second-order valence-corrected chi connectivity index (χ2v) is 5.95. The minimum atomic E-state index is 0.739. The summed E-state index contributed by atoms with van der Waals surface area (Å²) in [5, 5.41) is 0. The van der Waals surface area contributed by atoms with Crippen molar-refractivity contribution in [2.24, 2.45) is 5.92 Å². The molecule has 16 heavy (non-hydrogen) atoms. The van der Waals surface area contributed by atoms with Crippen LogP contribution in [0, 0.1) is 5.92 Å². The van der Waals surface area contributed by atoms with Gasteiger partial charge in [0, 0.05) is 19.1 Å². The van der Waals surface area contributed by atoms with Gasteiger partial charge in [-0.05, 0) is 50.6 Å². The van der Waals surface area contributed by atoms with Gasteiger partial charge in [-0.3, -0.25) is 4.90 Å². The van der Waals surface area contributed by atoms with Crippen molar-refractivity contribution < 1.29 is 0 Å². The lowest BCUT2D eigenvalue weighted by Crippen LogP contribution is -2.41. The number of likely N-dealkylation sites (tertiary alicyclic amines) is 2. The van der Waals surface area contributed by atoms with Crippen LogP contribution in [-0.4, -0.2) is 54.3 Å². The number of hydrogen-bond donors (Lipinski definition) is 1. The highest BCUT2D eigenvalue weighted by molar-refractivity contribution is 7.80. The van der Waals surface area contributed by atoms with E-state index in [0.717, 1.165) is 17.7 Å². The zero-order chi connectivity index (χ0) is 11.4. The topological polar surface area (TPSA) is 6.48 Å². The van der Waals surface area contributed by atoms with E-state index in [1.807, 2.05) is 0 Å². The SMILES string of the molecule is CC(CS)CN1CCC(N2CCCCC2)C1. The Labute approximate surface area is 106 Å². The molecule has 0 aromatic carbocycles. The van der Waals surface area contributed by atoms with Gasteiger partial charge >= 0.3 is 0 Å². The van der Waals surface area contributed by atoms with E-state index in [2.05, 4.69) is 29.4 Å². The lowest BCUT2D eigenvalue weighted by molar-refractivity contribution is 0.160. The molecule has 2 fully saturated rings. The van der Waals surface area contributed by atoms with Crippen molar-refractivity contribution in [2.45, 2.75) is 38.6 Å². The summed E-state index contributed by atoms with van der Waals surface area (Å²) in [6, 6.07) is 0.854. The van der Waals surface area contributed by atoms with Gasteiger partial charge in [-0.25, -0.2) is 0 Å². The van der Waals surface area contributed by atoms with Crippen molar-refractivity contribution >= 4 is 12.6 Å². The van der Waals surface area contributed by atoms with E-state index in [4.69, 9.17) is 0 Å². The summed E-state index contributed by atoms with van der Waals surface area (Å²) < 4.78 is 0. The van der Waals surface area contributed by atoms with Crippen molar-refractivity contribution in [2.75, 3.05) is 38.5 Å². The summed E-state index contributed by atoms with van der Waals surface area (Å²) in [4.78, 5) is 5.37. The fourth-order valence-corrected chi connectivity index (χ4v) is 3.17. The molecule has 0 bridgehead atoms. The third-order valence-corrected chi connectivity index (χ3v) is 4.66. The second-order valence-electron chi connectivity index (χ2n) is 5.59. The molecule has 0 amide bonds. The number of piperidine rings is 1. The maximum Gasteiger partial charge on any atom is 0.0235 e. The molecule has 0 aromatic rings. The smallest absolute Gasteiger partial charge is 0.0235 e. The zero-order valence-electron chi connectivity index (χ0n) is 10.6. The standard InChI is InChI=1S/C13H26N2S/c1-12(11-16)9-14-8-5-13(10-14)15-6-3-2-4-7-15/h12-13,16H,2-11H2,1H3. The fourth-order valence-electron chi connectivity index (χ4n) is 3.06. The molecule has 0 N–H and O–H groups in total. The average Bonchev–Trinajstić information content (AvgIpc) is 2.78. The van der Waals surface area contributed by atoms with E-state index in [1.165, 1.54) is 58.4 Å². The van der Waals surface area contributed by atoms with Gasteiger partial charge in [0.15, 0.2) is 0 Å². The Kier molecular flexibility index (Phi) is 4.98. The number of rotatable bonds is 4. The molecule has 2 heterocycles. The Balaban J connectivity index is 1.74. The highest BCUT2D eigenvalue weighted by Gasteiger charge is 2.28. The largest absolute Gasteiger partial charge is 0.301 e. The van der Waals surface area contributed by atoms with Crippen LogP contribution in [0.25, 0.3) is 0 Å². The first-order chi connectivity index (χ1) is 7.79. The summed E-state index contributed by atoms with van der Waals surface area (Å²) in [6.07, 6.45) is 5.68. The van der Waals surface area contributed by atoms with Crippen LogP contribution < -0.4 is 0 Å². The molecular formula is C13H26N2S. The second kappa shape index (κ2) is 6.27. The highest BCUT2D eigenvalue weighted by atomic mass is 32.1. The average molecular weight is 242 g/mol. The van der Waals surface area contributed by atoms with Crippen LogP contribution in [0.15, 0.2) is 0 Å². The summed E-state index contributed by atoms with van der Waals surface area (Å²) in [5.41, 5.74) is 0. The van der Waals surface area contributed by atoms with Crippen molar-refractivity contribution in [3.05, 3.63) is 0 Å². The van der Waals surface area contributed by atoms with E-state index in [0.29, 0.717) is 0 Å². The summed E-state index contributed by atoms with van der Waals surface area (Å²) >= 11 is 4.38. The summed E-state index contributed by atoms with van der Waals surface area (Å²) in [5.74, 6) is 1.76. The Bertz CT molecular complexity index is 204. The number of hydrogen-bond acceptors (Lipinski definition) is 3. The molecule has 0 aromatic heterocycles. The Hall–Kier alpha value is 0.270. The Morgan fingerprint density at radius 1 is 1.19 bits per heavy atom. The molecule has 0 radical (unpaired) electrons. The lowest BCUT2D eigenvalue weighted by Gasteiger charge is -2.32. The van der Waals surface area contributed by atoms with Crippen LogP contribution in [0.5, 0.6) is 0 Å².